The van der Waals surface area contributed by atoms with E-state index in [2.05, 4.69) is 0 Å². The summed E-state index contributed by atoms with van der Waals surface area (Å²) in [7, 11) is -4.06. The predicted molar refractivity (Wildman–Crippen MR) is 79.4 cm³/mol. The van der Waals surface area contributed by atoms with Gasteiger partial charge in [-0.2, -0.15) is 0 Å². The molecular formula is C12H26O7P2. The maximum Gasteiger partial charge on any atom is 0.363 e. The quantitative estimate of drug-likeness (QED) is 0.736. The van der Waals surface area contributed by atoms with Gasteiger partial charge in [0.25, 0.3) is 0 Å². The van der Waals surface area contributed by atoms with Gasteiger partial charge in [0.05, 0.1) is 5.41 Å². The highest BCUT2D eigenvalue weighted by molar-refractivity contribution is 7.60. The average molecular weight is 344 g/mol. The summed E-state index contributed by atoms with van der Waals surface area (Å²) in [5, 5.41) is 7.55. The molecular weight excluding hydrogens is 318 g/mol. The van der Waals surface area contributed by atoms with Crippen LogP contribution in [0.5, 0.6) is 0 Å². The van der Waals surface area contributed by atoms with Gasteiger partial charge in [-0.05, 0) is 26.7 Å². The zero-order valence-electron chi connectivity index (χ0n) is 13.7. The highest BCUT2D eigenvalue weighted by atomic mass is 31.2. The first kappa shape index (κ1) is 19.3. The van der Waals surface area contributed by atoms with Gasteiger partial charge in [-0.3, -0.25) is 13.7 Å². The topological polar surface area (TPSA) is 91.3 Å². The molecule has 1 N–H and O–H groups in total. The molecule has 1 rings (SSSR count). The van der Waals surface area contributed by atoms with E-state index in [0.717, 1.165) is 0 Å². The summed E-state index contributed by atoms with van der Waals surface area (Å²) in [5.41, 5.74) is -1.12. The molecule has 1 heterocycles. The van der Waals surface area contributed by atoms with Gasteiger partial charge < -0.3 is 18.7 Å². The standard InChI is InChI=1S/C12H26O7P2/c1-8-12(9-2)10(3,13)20(14,16-5)19-11(12,4)21(15,17-6)18-7/h13H,8-9H2,1-7H3. The lowest BCUT2D eigenvalue weighted by Crippen LogP contribution is -2.52. The summed E-state index contributed by atoms with van der Waals surface area (Å²) in [6.45, 7) is 6.51. The Morgan fingerprint density at radius 2 is 1.57 bits per heavy atom. The van der Waals surface area contributed by atoms with Crippen LogP contribution in [-0.4, -0.2) is 37.1 Å². The van der Waals surface area contributed by atoms with Crippen LogP contribution >= 0.6 is 15.2 Å². The molecule has 0 saturated carbocycles. The molecule has 0 aromatic heterocycles. The van der Waals surface area contributed by atoms with Gasteiger partial charge in [0, 0.05) is 21.3 Å². The first-order valence-electron chi connectivity index (χ1n) is 6.82. The molecule has 0 bridgehead atoms. The fourth-order valence-corrected chi connectivity index (χ4v) is 8.66. The summed E-state index contributed by atoms with van der Waals surface area (Å²) >= 11 is 0. The molecule has 7 nitrogen and oxygen atoms in total. The van der Waals surface area contributed by atoms with E-state index in [1.807, 2.05) is 0 Å². The van der Waals surface area contributed by atoms with E-state index in [1.165, 1.54) is 35.2 Å². The highest BCUT2D eigenvalue weighted by Crippen LogP contribution is 2.85. The van der Waals surface area contributed by atoms with Crippen LogP contribution in [0.1, 0.15) is 40.5 Å². The molecule has 1 aliphatic heterocycles. The van der Waals surface area contributed by atoms with Gasteiger partial charge in [-0.1, -0.05) is 13.8 Å². The lowest BCUT2D eigenvalue weighted by molar-refractivity contribution is -0.0611. The third-order valence-electron chi connectivity index (χ3n) is 5.08. The Kier molecular flexibility index (Phi) is 5.26. The Labute approximate surface area is 126 Å². The minimum atomic E-state index is -3.93. The van der Waals surface area contributed by atoms with Crippen LogP contribution in [0.25, 0.3) is 0 Å². The van der Waals surface area contributed by atoms with Gasteiger partial charge in [0.1, 0.15) is 0 Å². The zero-order valence-corrected chi connectivity index (χ0v) is 15.5. The van der Waals surface area contributed by atoms with E-state index in [4.69, 9.17) is 18.1 Å². The normalized spacial score (nSPS) is 39.6. The third kappa shape index (κ3) is 2.06. The fourth-order valence-electron chi connectivity index (χ4n) is 3.64. The van der Waals surface area contributed by atoms with Crippen molar-refractivity contribution in [3.05, 3.63) is 0 Å². The van der Waals surface area contributed by atoms with E-state index >= 15 is 0 Å². The van der Waals surface area contributed by atoms with Crippen molar-refractivity contribution in [1.82, 2.24) is 0 Å². The number of rotatable bonds is 6. The fraction of sp³-hybridized carbons (Fsp3) is 1.00. The van der Waals surface area contributed by atoms with Crippen LogP contribution in [0.3, 0.4) is 0 Å². The van der Waals surface area contributed by atoms with Crippen molar-refractivity contribution in [1.29, 1.82) is 0 Å². The Balaban J connectivity index is 3.74. The van der Waals surface area contributed by atoms with Crippen LogP contribution in [0.4, 0.5) is 0 Å². The van der Waals surface area contributed by atoms with Crippen molar-refractivity contribution in [2.24, 2.45) is 5.41 Å². The first-order chi connectivity index (χ1) is 9.51. The van der Waals surface area contributed by atoms with Gasteiger partial charge in [0.15, 0.2) is 10.7 Å². The molecule has 0 aromatic carbocycles. The molecule has 1 aliphatic rings. The van der Waals surface area contributed by atoms with E-state index in [1.54, 1.807) is 13.8 Å². The van der Waals surface area contributed by atoms with Crippen LogP contribution in [0.2, 0.25) is 0 Å². The molecule has 0 aliphatic carbocycles. The van der Waals surface area contributed by atoms with Crippen molar-refractivity contribution >= 4 is 15.2 Å². The largest absolute Gasteiger partial charge is 0.377 e. The van der Waals surface area contributed by atoms with Gasteiger partial charge >= 0.3 is 15.2 Å². The van der Waals surface area contributed by atoms with E-state index < -0.39 is 31.3 Å². The second-order valence-electron chi connectivity index (χ2n) is 5.43. The Morgan fingerprint density at radius 1 is 1.14 bits per heavy atom. The Bertz CT molecular complexity index is 478. The van der Waals surface area contributed by atoms with Gasteiger partial charge in [0.2, 0.25) is 0 Å². The van der Waals surface area contributed by atoms with Gasteiger partial charge in [-0.15, -0.1) is 0 Å². The van der Waals surface area contributed by atoms with E-state index in [9.17, 15) is 14.2 Å². The van der Waals surface area contributed by atoms with Crippen molar-refractivity contribution < 1.29 is 32.3 Å². The second-order valence-corrected chi connectivity index (χ2v) is 10.4. The molecule has 0 spiro atoms. The Hall–Kier alpha value is 0.260. The maximum absolute atomic E-state index is 13.0. The monoisotopic (exact) mass is 344 g/mol. The molecule has 21 heavy (non-hydrogen) atoms. The van der Waals surface area contributed by atoms with Crippen LogP contribution in [-0.2, 0) is 27.2 Å². The summed E-state index contributed by atoms with van der Waals surface area (Å²) < 4.78 is 46.8. The van der Waals surface area contributed by atoms with E-state index in [0.29, 0.717) is 12.8 Å². The number of hydrogen-bond donors (Lipinski definition) is 1. The predicted octanol–water partition coefficient (Wildman–Crippen LogP) is 3.57. The number of aliphatic hydroxyl groups is 1. The van der Waals surface area contributed by atoms with Crippen LogP contribution in [0, 0.1) is 5.41 Å². The molecule has 1 fully saturated rings. The highest BCUT2D eigenvalue weighted by Gasteiger charge is 2.79. The first-order valence-corrected chi connectivity index (χ1v) is 9.90. The maximum atomic E-state index is 13.0. The summed E-state index contributed by atoms with van der Waals surface area (Å²) in [6, 6.07) is 0. The summed E-state index contributed by atoms with van der Waals surface area (Å²) in [6.07, 6.45) is 0.716. The number of hydrogen-bond acceptors (Lipinski definition) is 7. The average Bonchev–Trinajstić information content (AvgIpc) is 2.60. The van der Waals surface area contributed by atoms with Crippen molar-refractivity contribution in [3.63, 3.8) is 0 Å². The summed E-state index contributed by atoms with van der Waals surface area (Å²) in [5.74, 6) is 0. The summed E-state index contributed by atoms with van der Waals surface area (Å²) in [4.78, 5) is 0. The molecule has 0 aromatic rings. The molecule has 126 valence electrons. The SMILES string of the molecule is CCC1(CC)C(C)(O)P(=O)(OC)OC1(C)P(=O)(OC)OC. The lowest BCUT2D eigenvalue weighted by atomic mass is 9.72. The Morgan fingerprint density at radius 3 is 1.86 bits per heavy atom. The molecule has 3 atom stereocenters. The zero-order chi connectivity index (χ0) is 16.7. The third-order valence-corrected chi connectivity index (χ3v) is 10.3. The minimum Gasteiger partial charge on any atom is -0.377 e. The smallest absolute Gasteiger partial charge is 0.363 e. The van der Waals surface area contributed by atoms with Crippen molar-refractivity contribution in [2.45, 2.75) is 51.2 Å². The van der Waals surface area contributed by atoms with Crippen molar-refractivity contribution in [2.75, 3.05) is 21.3 Å². The van der Waals surface area contributed by atoms with Crippen LogP contribution < -0.4 is 0 Å². The molecule has 0 amide bonds. The molecule has 1 saturated heterocycles. The minimum absolute atomic E-state index is 0.358. The molecule has 0 radical (unpaired) electrons. The molecule has 9 heteroatoms. The molecule has 3 unspecified atom stereocenters. The second kappa shape index (κ2) is 5.72. The van der Waals surface area contributed by atoms with Crippen LogP contribution in [0.15, 0.2) is 0 Å². The van der Waals surface area contributed by atoms with Crippen molar-refractivity contribution in [3.8, 4) is 0 Å². The van der Waals surface area contributed by atoms with E-state index in [-0.39, 0.29) is 0 Å². The lowest BCUT2D eigenvalue weighted by Gasteiger charge is -2.46. The van der Waals surface area contributed by atoms with Gasteiger partial charge in [-0.25, -0.2) is 0 Å².